The van der Waals surface area contributed by atoms with Crippen LogP contribution in [0.2, 0.25) is 0 Å². The lowest BCUT2D eigenvalue weighted by molar-refractivity contribution is 0.669. The van der Waals surface area contributed by atoms with Crippen molar-refractivity contribution in [3.63, 3.8) is 0 Å². The van der Waals surface area contributed by atoms with Gasteiger partial charge in [-0.1, -0.05) is 30.3 Å². The molecule has 0 atom stereocenters. The van der Waals surface area contributed by atoms with Gasteiger partial charge in [0.2, 0.25) is 5.95 Å². The molecule has 0 radical (unpaired) electrons. The first-order valence-electron chi connectivity index (χ1n) is 6.72. The van der Waals surface area contributed by atoms with E-state index < -0.39 is 0 Å². The third-order valence-electron chi connectivity index (χ3n) is 3.17. The molecule has 0 spiro atoms. The average molecular weight is 271 g/mol. The molecule has 20 heavy (non-hydrogen) atoms. The van der Waals surface area contributed by atoms with Crippen molar-refractivity contribution in [2.24, 2.45) is 5.84 Å². The van der Waals surface area contributed by atoms with E-state index in [1.807, 2.05) is 25.1 Å². The minimum atomic E-state index is 0.328. The van der Waals surface area contributed by atoms with Crippen LogP contribution in [0, 0.1) is 6.92 Å². The number of hydrogen-bond acceptors (Lipinski definition) is 5. The summed E-state index contributed by atoms with van der Waals surface area (Å²) < 4.78 is 0. The number of nitrogens with two attached hydrogens (primary N) is 1. The van der Waals surface area contributed by atoms with Crippen LogP contribution in [0.25, 0.3) is 0 Å². The second-order valence-corrected chi connectivity index (χ2v) is 5.05. The highest BCUT2D eigenvalue weighted by atomic mass is 15.3. The summed E-state index contributed by atoms with van der Waals surface area (Å²) in [6.07, 6.45) is 1.79. The zero-order valence-corrected chi connectivity index (χ0v) is 12.2. The Bertz CT molecular complexity index is 553. The summed E-state index contributed by atoms with van der Waals surface area (Å²) in [4.78, 5) is 10.9. The number of nitrogens with zero attached hydrogens (tertiary/aromatic N) is 3. The Morgan fingerprint density at radius 3 is 2.55 bits per heavy atom. The van der Waals surface area contributed by atoms with Crippen LogP contribution >= 0.6 is 0 Å². The number of aromatic nitrogens is 2. The molecule has 5 heteroatoms. The van der Waals surface area contributed by atoms with E-state index in [1.165, 1.54) is 5.56 Å². The fourth-order valence-corrected chi connectivity index (χ4v) is 2.08. The highest BCUT2D eigenvalue weighted by Crippen LogP contribution is 2.22. The van der Waals surface area contributed by atoms with Gasteiger partial charge in [-0.05, 0) is 26.3 Å². The highest BCUT2D eigenvalue weighted by molar-refractivity contribution is 5.49. The Labute approximate surface area is 119 Å². The quantitative estimate of drug-likeness (QED) is 0.646. The van der Waals surface area contributed by atoms with Crippen molar-refractivity contribution in [3.05, 3.63) is 47.7 Å². The van der Waals surface area contributed by atoms with Crippen LogP contribution in [0.5, 0.6) is 0 Å². The molecule has 5 nitrogen and oxygen atoms in total. The van der Waals surface area contributed by atoms with Crippen molar-refractivity contribution in [1.82, 2.24) is 9.97 Å². The Balaban J connectivity index is 2.33. The molecule has 0 amide bonds. The Kier molecular flexibility index (Phi) is 4.53. The molecule has 1 heterocycles. The van der Waals surface area contributed by atoms with E-state index in [-0.39, 0.29) is 0 Å². The summed E-state index contributed by atoms with van der Waals surface area (Å²) in [7, 11) is 0. The normalized spacial score (nSPS) is 10.7. The summed E-state index contributed by atoms with van der Waals surface area (Å²) in [5.74, 6) is 6.75. The zero-order chi connectivity index (χ0) is 14.5. The Morgan fingerprint density at radius 1 is 1.25 bits per heavy atom. The molecule has 0 aliphatic carbocycles. The van der Waals surface area contributed by atoms with Crippen LogP contribution in [0.3, 0.4) is 0 Å². The minimum Gasteiger partial charge on any atom is -0.349 e. The summed E-state index contributed by atoms with van der Waals surface area (Å²) >= 11 is 0. The number of aryl methyl sites for hydroxylation is 1. The second-order valence-electron chi connectivity index (χ2n) is 5.05. The molecule has 2 aromatic rings. The molecule has 106 valence electrons. The number of rotatable bonds is 5. The first-order valence-corrected chi connectivity index (χ1v) is 6.72. The van der Waals surface area contributed by atoms with Gasteiger partial charge in [0.15, 0.2) is 0 Å². The maximum Gasteiger partial charge on any atom is 0.239 e. The highest BCUT2D eigenvalue weighted by Gasteiger charge is 2.16. The van der Waals surface area contributed by atoms with Crippen molar-refractivity contribution in [2.45, 2.75) is 33.4 Å². The zero-order valence-electron chi connectivity index (χ0n) is 12.2. The van der Waals surface area contributed by atoms with Gasteiger partial charge >= 0.3 is 0 Å². The van der Waals surface area contributed by atoms with Crippen LogP contribution in [0.15, 0.2) is 36.5 Å². The molecule has 3 N–H and O–H groups in total. The second kappa shape index (κ2) is 6.34. The van der Waals surface area contributed by atoms with Gasteiger partial charge in [-0.3, -0.25) is 5.43 Å². The molecule has 1 aromatic carbocycles. The Hall–Kier alpha value is -2.14. The molecule has 0 unspecified atom stereocenters. The lowest BCUT2D eigenvalue weighted by Gasteiger charge is -2.29. The first-order chi connectivity index (χ1) is 9.61. The summed E-state index contributed by atoms with van der Waals surface area (Å²) in [5.41, 5.74) is 4.79. The van der Waals surface area contributed by atoms with E-state index >= 15 is 0 Å². The van der Waals surface area contributed by atoms with E-state index in [9.17, 15) is 0 Å². The molecule has 0 saturated heterocycles. The minimum absolute atomic E-state index is 0.328. The molecule has 2 rings (SSSR count). The predicted octanol–water partition coefficient (Wildman–Crippen LogP) is 2.49. The van der Waals surface area contributed by atoms with E-state index in [0.29, 0.717) is 12.0 Å². The number of nitrogen functional groups attached to an aromatic ring is 1. The number of anilines is 2. The molecule has 0 saturated carbocycles. The number of hydrogen-bond donors (Lipinski definition) is 2. The lowest BCUT2D eigenvalue weighted by Crippen LogP contribution is -2.32. The van der Waals surface area contributed by atoms with Gasteiger partial charge in [0.25, 0.3) is 0 Å². The first kappa shape index (κ1) is 14.3. The van der Waals surface area contributed by atoms with Gasteiger partial charge < -0.3 is 4.90 Å². The standard InChI is InChI=1S/C15H21N5/c1-11(2)20(10-13-7-5-4-6-8-13)14-12(3)9-17-15(18-14)19-16/h4-9,11H,10,16H2,1-3H3,(H,17,18,19). The van der Waals surface area contributed by atoms with E-state index in [4.69, 9.17) is 5.84 Å². The number of benzene rings is 1. The van der Waals surface area contributed by atoms with Crippen molar-refractivity contribution in [3.8, 4) is 0 Å². The van der Waals surface area contributed by atoms with Crippen LogP contribution in [0.1, 0.15) is 25.0 Å². The molecular weight excluding hydrogens is 250 g/mol. The van der Waals surface area contributed by atoms with Gasteiger partial charge in [-0.15, -0.1) is 0 Å². The van der Waals surface area contributed by atoms with E-state index in [0.717, 1.165) is 17.9 Å². The SMILES string of the molecule is Cc1cnc(NN)nc1N(Cc1ccccc1)C(C)C. The average Bonchev–Trinajstić information content (AvgIpc) is 2.46. The lowest BCUT2D eigenvalue weighted by atomic mass is 10.1. The predicted molar refractivity (Wildman–Crippen MR) is 82.3 cm³/mol. The van der Waals surface area contributed by atoms with Gasteiger partial charge in [-0.25, -0.2) is 10.8 Å². The topological polar surface area (TPSA) is 67.1 Å². The van der Waals surface area contributed by atoms with Crippen LogP contribution in [-0.4, -0.2) is 16.0 Å². The summed E-state index contributed by atoms with van der Waals surface area (Å²) in [5, 5.41) is 0. The third kappa shape index (κ3) is 3.24. The van der Waals surface area contributed by atoms with E-state index in [1.54, 1.807) is 6.20 Å². The monoisotopic (exact) mass is 271 g/mol. The summed E-state index contributed by atoms with van der Waals surface area (Å²) in [6.45, 7) is 7.12. The van der Waals surface area contributed by atoms with Crippen molar-refractivity contribution >= 4 is 11.8 Å². The molecule has 0 fully saturated rings. The molecule has 0 bridgehead atoms. The van der Waals surface area contributed by atoms with E-state index in [2.05, 4.69) is 46.3 Å². The smallest absolute Gasteiger partial charge is 0.239 e. The third-order valence-corrected chi connectivity index (χ3v) is 3.17. The maximum atomic E-state index is 5.40. The Morgan fingerprint density at radius 2 is 1.95 bits per heavy atom. The van der Waals surface area contributed by atoms with Gasteiger partial charge in [0, 0.05) is 24.3 Å². The molecular formula is C15H21N5. The van der Waals surface area contributed by atoms with Crippen LogP contribution in [0.4, 0.5) is 11.8 Å². The molecule has 0 aliphatic heterocycles. The van der Waals surface area contributed by atoms with Crippen molar-refractivity contribution in [2.75, 3.05) is 10.3 Å². The largest absolute Gasteiger partial charge is 0.349 e. The van der Waals surface area contributed by atoms with Gasteiger partial charge in [-0.2, -0.15) is 4.98 Å². The number of hydrazine groups is 1. The van der Waals surface area contributed by atoms with Crippen molar-refractivity contribution < 1.29 is 0 Å². The molecule has 0 aliphatic rings. The van der Waals surface area contributed by atoms with Crippen molar-refractivity contribution in [1.29, 1.82) is 0 Å². The van der Waals surface area contributed by atoms with Gasteiger partial charge in [0.1, 0.15) is 5.82 Å². The maximum absolute atomic E-state index is 5.40. The number of nitrogens with one attached hydrogen (secondary N) is 1. The van der Waals surface area contributed by atoms with Gasteiger partial charge in [0.05, 0.1) is 0 Å². The van der Waals surface area contributed by atoms with Crippen LogP contribution < -0.4 is 16.2 Å². The molecule has 1 aromatic heterocycles. The fourth-order valence-electron chi connectivity index (χ4n) is 2.08. The van der Waals surface area contributed by atoms with Crippen LogP contribution in [-0.2, 0) is 6.54 Å². The fraction of sp³-hybridized carbons (Fsp3) is 0.333. The summed E-state index contributed by atoms with van der Waals surface area (Å²) in [6, 6.07) is 10.7.